The molecule has 0 aliphatic rings. The summed E-state index contributed by atoms with van der Waals surface area (Å²) in [6, 6.07) is 75.8. The van der Waals surface area contributed by atoms with Crippen molar-refractivity contribution in [3.8, 4) is 16.8 Å². The van der Waals surface area contributed by atoms with Gasteiger partial charge >= 0.3 is 0 Å². The van der Waals surface area contributed by atoms with Crippen molar-refractivity contribution >= 4 is 103 Å². The zero-order valence-electron chi connectivity index (χ0n) is 30.9. The third kappa shape index (κ3) is 4.89. The Morgan fingerprint density at radius 2 is 0.965 bits per heavy atom. The molecule has 12 rings (SSSR count). The second-order valence-electron chi connectivity index (χ2n) is 14.9. The maximum Gasteiger partial charge on any atom is 0.0555 e. The van der Waals surface area contributed by atoms with E-state index < -0.39 is 0 Å². The number of hydrogen-bond donors (Lipinski definition) is 0. The van der Waals surface area contributed by atoms with Crippen molar-refractivity contribution in [1.82, 2.24) is 4.57 Å². The Bertz CT molecular complexity index is 3490. The maximum atomic E-state index is 2.54. The van der Waals surface area contributed by atoms with Crippen LogP contribution in [0, 0.1) is 0 Å². The van der Waals surface area contributed by atoms with Crippen LogP contribution in [0.1, 0.15) is 0 Å². The SMILES string of the molecule is c1cc(-c2ccc(N(c3cccc4ccccc34)c3cc4ccccc4c4ccccc34)c3c2sc2ccccc23)cc(-n2c3ccccc3c3ccccc32)c1. The van der Waals surface area contributed by atoms with Crippen LogP contribution in [0.25, 0.3) is 91.1 Å². The molecule has 2 nitrogen and oxygen atoms in total. The number of thiophene rings is 1. The highest BCUT2D eigenvalue weighted by Gasteiger charge is 2.24. The molecule has 0 atom stereocenters. The molecule has 2 aromatic heterocycles. The Labute approximate surface area is 333 Å². The first-order chi connectivity index (χ1) is 28.3. The molecule has 0 saturated carbocycles. The van der Waals surface area contributed by atoms with E-state index in [2.05, 4.69) is 216 Å². The second kappa shape index (κ2) is 12.7. The van der Waals surface area contributed by atoms with Crippen LogP contribution in [0.4, 0.5) is 17.1 Å². The molecule has 266 valence electrons. The first kappa shape index (κ1) is 32.1. The average Bonchev–Trinajstić information content (AvgIpc) is 3.83. The van der Waals surface area contributed by atoms with Crippen molar-refractivity contribution in [2.45, 2.75) is 0 Å². The number of fused-ring (bicyclic) bond motifs is 10. The third-order valence-corrected chi connectivity index (χ3v) is 12.9. The molecule has 12 aromatic rings. The summed E-state index contributed by atoms with van der Waals surface area (Å²) in [4.78, 5) is 2.54. The van der Waals surface area contributed by atoms with Crippen molar-refractivity contribution in [1.29, 1.82) is 0 Å². The minimum Gasteiger partial charge on any atom is -0.309 e. The quantitative estimate of drug-likeness (QED) is 0.159. The van der Waals surface area contributed by atoms with Gasteiger partial charge in [-0.05, 0) is 81.2 Å². The van der Waals surface area contributed by atoms with Crippen molar-refractivity contribution < 1.29 is 0 Å². The average molecular weight is 743 g/mol. The van der Waals surface area contributed by atoms with Gasteiger partial charge in [0.1, 0.15) is 0 Å². The van der Waals surface area contributed by atoms with Gasteiger partial charge in [-0.1, -0.05) is 158 Å². The van der Waals surface area contributed by atoms with E-state index >= 15 is 0 Å². The lowest BCUT2D eigenvalue weighted by Gasteiger charge is -2.30. The minimum absolute atomic E-state index is 1.16. The number of nitrogens with zero attached hydrogens (tertiary/aromatic N) is 2. The molecular weight excluding hydrogens is 709 g/mol. The molecule has 0 fully saturated rings. The van der Waals surface area contributed by atoms with E-state index in [1.165, 1.54) is 96.8 Å². The van der Waals surface area contributed by atoms with Crippen LogP contribution in [0.5, 0.6) is 0 Å². The van der Waals surface area contributed by atoms with Gasteiger partial charge in [-0.25, -0.2) is 0 Å². The number of rotatable bonds is 5. The summed E-state index contributed by atoms with van der Waals surface area (Å²) in [7, 11) is 0. The van der Waals surface area contributed by atoms with Crippen LogP contribution < -0.4 is 4.90 Å². The number of hydrogen-bond acceptors (Lipinski definition) is 2. The Hall–Kier alpha value is -7.20. The Morgan fingerprint density at radius 1 is 0.368 bits per heavy atom. The predicted octanol–water partition coefficient (Wildman–Crippen LogP) is 15.7. The Morgan fingerprint density at radius 3 is 1.75 bits per heavy atom. The zero-order valence-corrected chi connectivity index (χ0v) is 31.7. The molecule has 0 N–H and O–H groups in total. The largest absolute Gasteiger partial charge is 0.309 e. The number of anilines is 3. The fourth-order valence-corrected chi connectivity index (χ4v) is 10.5. The van der Waals surface area contributed by atoms with E-state index in [1.54, 1.807) is 0 Å². The molecule has 3 heteroatoms. The van der Waals surface area contributed by atoms with Gasteiger partial charge in [0.05, 0.1) is 28.1 Å². The third-order valence-electron chi connectivity index (χ3n) is 11.7. The molecule has 0 unspecified atom stereocenters. The van der Waals surface area contributed by atoms with Gasteiger partial charge in [0.25, 0.3) is 0 Å². The van der Waals surface area contributed by atoms with Gasteiger partial charge in [-0.15, -0.1) is 11.3 Å². The van der Waals surface area contributed by atoms with E-state index in [9.17, 15) is 0 Å². The smallest absolute Gasteiger partial charge is 0.0555 e. The molecule has 0 aliphatic carbocycles. The molecule has 2 heterocycles. The molecule has 0 radical (unpaired) electrons. The van der Waals surface area contributed by atoms with Gasteiger partial charge in [-0.2, -0.15) is 0 Å². The van der Waals surface area contributed by atoms with Crippen LogP contribution in [-0.4, -0.2) is 4.57 Å². The van der Waals surface area contributed by atoms with Crippen molar-refractivity contribution in [3.63, 3.8) is 0 Å². The standard InChI is InChI=1S/C54H34N2S/c1-4-21-40-35(15-1)17-14-29-47(40)56(51-34-37-16-2-3-20-39(37)42-22-5-6-23-43(42)51)50-32-31-41(54-53(50)46-26-9-12-30-52(46)57-54)36-18-13-19-38(33-36)55-48-27-10-7-24-44(48)45-25-8-11-28-49(45)55/h1-34H. The monoisotopic (exact) mass is 742 g/mol. The van der Waals surface area contributed by atoms with Crippen LogP contribution in [-0.2, 0) is 0 Å². The van der Waals surface area contributed by atoms with Crippen LogP contribution in [0.15, 0.2) is 206 Å². The van der Waals surface area contributed by atoms with Crippen molar-refractivity contribution in [2.75, 3.05) is 4.90 Å². The van der Waals surface area contributed by atoms with Gasteiger partial charge in [0, 0.05) is 47.4 Å². The van der Waals surface area contributed by atoms with E-state index in [-0.39, 0.29) is 0 Å². The highest BCUT2D eigenvalue weighted by molar-refractivity contribution is 7.26. The highest BCUT2D eigenvalue weighted by Crippen LogP contribution is 2.51. The van der Waals surface area contributed by atoms with E-state index in [4.69, 9.17) is 0 Å². The first-order valence-electron chi connectivity index (χ1n) is 19.5. The van der Waals surface area contributed by atoms with Crippen LogP contribution in [0.2, 0.25) is 0 Å². The minimum atomic E-state index is 1.16. The molecular formula is C54H34N2S. The summed E-state index contributed by atoms with van der Waals surface area (Å²) >= 11 is 1.89. The van der Waals surface area contributed by atoms with Gasteiger partial charge in [-0.3, -0.25) is 0 Å². The number of benzene rings is 10. The van der Waals surface area contributed by atoms with E-state index in [0.29, 0.717) is 0 Å². The summed E-state index contributed by atoms with van der Waals surface area (Å²) in [5.74, 6) is 0. The summed E-state index contributed by atoms with van der Waals surface area (Å²) in [6.07, 6.45) is 0. The first-order valence-corrected chi connectivity index (χ1v) is 20.3. The fourth-order valence-electron chi connectivity index (χ4n) is 9.25. The van der Waals surface area contributed by atoms with Gasteiger partial charge in [0.2, 0.25) is 0 Å². The lowest BCUT2D eigenvalue weighted by atomic mass is 9.96. The summed E-state index contributed by atoms with van der Waals surface area (Å²) in [6.45, 7) is 0. The Kier molecular flexibility index (Phi) is 7.13. The van der Waals surface area contributed by atoms with Crippen molar-refractivity contribution in [2.24, 2.45) is 0 Å². The van der Waals surface area contributed by atoms with Gasteiger partial charge < -0.3 is 9.47 Å². The lowest BCUT2D eigenvalue weighted by molar-refractivity contribution is 1.18. The zero-order chi connectivity index (χ0) is 37.5. The molecule has 10 aromatic carbocycles. The lowest BCUT2D eigenvalue weighted by Crippen LogP contribution is -2.12. The molecule has 0 saturated heterocycles. The van der Waals surface area contributed by atoms with Crippen LogP contribution in [0.3, 0.4) is 0 Å². The number of para-hydroxylation sites is 2. The normalized spacial score (nSPS) is 11.9. The molecule has 0 amide bonds. The molecule has 0 spiro atoms. The highest BCUT2D eigenvalue weighted by atomic mass is 32.1. The molecule has 0 bridgehead atoms. The second-order valence-corrected chi connectivity index (χ2v) is 15.9. The maximum absolute atomic E-state index is 2.54. The summed E-state index contributed by atoms with van der Waals surface area (Å²) in [5.41, 5.74) is 9.51. The topological polar surface area (TPSA) is 8.17 Å². The van der Waals surface area contributed by atoms with Crippen LogP contribution >= 0.6 is 11.3 Å². The van der Waals surface area contributed by atoms with Gasteiger partial charge in [0.15, 0.2) is 0 Å². The summed E-state index contributed by atoms with van der Waals surface area (Å²) in [5, 5.41) is 12.5. The fraction of sp³-hybridized carbons (Fsp3) is 0. The number of aromatic nitrogens is 1. The van der Waals surface area contributed by atoms with E-state index in [0.717, 1.165) is 11.4 Å². The predicted molar refractivity (Wildman–Crippen MR) is 246 cm³/mol. The van der Waals surface area contributed by atoms with Crippen molar-refractivity contribution in [3.05, 3.63) is 206 Å². The van der Waals surface area contributed by atoms with E-state index in [1.807, 2.05) is 11.3 Å². The molecule has 0 aliphatic heterocycles. The molecule has 57 heavy (non-hydrogen) atoms. The Balaban J connectivity index is 1.16. The summed E-state index contributed by atoms with van der Waals surface area (Å²) < 4.78 is 4.97.